The number of carbonyl (C=O) groups excluding carboxylic acids is 1. The van der Waals surface area contributed by atoms with Crippen LogP contribution in [0, 0.1) is 12.3 Å². The minimum absolute atomic E-state index is 0.164. The van der Waals surface area contributed by atoms with Gasteiger partial charge in [0.2, 0.25) is 11.8 Å². The van der Waals surface area contributed by atoms with Crippen LogP contribution >= 0.6 is 0 Å². The fraction of sp³-hybridized carbons (Fsp3) is 0.500. The molecule has 5 heteroatoms. The third-order valence-corrected chi connectivity index (χ3v) is 5.74. The maximum Gasteiger partial charge on any atom is 0.228 e. The molecule has 1 aromatic heterocycles. The summed E-state index contributed by atoms with van der Waals surface area (Å²) in [5.41, 5.74) is 2.13. The van der Waals surface area contributed by atoms with Crippen LogP contribution in [0.1, 0.15) is 30.7 Å². The third-order valence-electron chi connectivity index (χ3n) is 5.74. The molecule has 3 heterocycles. The molecule has 1 amide bonds. The van der Waals surface area contributed by atoms with Crippen molar-refractivity contribution in [2.24, 2.45) is 5.41 Å². The highest BCUT2D eigenvalue weighted by molar-refractivity contribution is 5.78. The number of hydrogen-bond donors (Lipinski definition) is 1. The molecule has 2 aliphatic heterocycles. The van der Waals surface area contributed by atoms with Gasteiger partial charge in [-0.2, -0.15) is 0 Å². The molecule has 0 radical (unpaired) electrons. The summed E-state index contributed by atoms with van der Waals surface area (Å²) in [7, 11) is 0. The van der Waals surface area contributed by atoms with Gasteiger partial charge in [0.25, 0.3) is 0 Å². The summed E-state index contributed by atoms with van der Waals surface area (Å²) in [4.78, 5) is 19.3. The average Bonchev–Trinajstić information content (AvgIpc) is 3.24. The van der Waals surface area contributed by atoms with E-state index in [1.807, 2.05) is 42.2 Å². The molecule has 0 unspecified atom stereocenters. The molecule has 1 spiro atoms. The molecule has 5 nitrogen and oxygen atoms in total. The van der Waals surface area contributed by atoms with Crippen LogP contribution in [0.25, 0.3) is 11.5 Å². The number of hydrogen-bond acceptors (Lipinski definition) is 4. The number of carbonyl (C=O) groups is 1. The first-order chi connectivity index (χ1) is 12.2. The topological polar surface area (TPSA) is 58.4 Å². The zero-order valence-corrected chi connectivity index (χ0v) is 14.8. The van der Waals surface area contributed by atoms with Crippen molar-refractivity contribution in [3.63, 3.8) is 0 Å². The summed E-state index contributed by atoms with van der Waals surface area (Å²) in [5, 5.41) is 3.47. The standard InChI is InChI=1S/C20H25N3O2/c1-15-17(22-19(25-15)16-5-3-2-4-6-16)13-18(24)23-11-8-20(9-12-23)7-10-21-14-20/h2-6,21H,7-14H2,1H3. The Morgan fingerprint density at radius 3 is 2.68 bits per heavy atom. The van der Waals surface area contributed by atoms with Crippen LogP contribution in [-0.2, 0) is 11.2 Å². The molecule has 2 fully saturated rings. The van der Waals surface area contributed by atoms with E-state index in [9.17, 15) is 4.79 Å². The van der Waals surface area contributed by atoms with E-state index in [1.165, 1.54) is 6.42 Å². The number of aromatic nitrogens is 1. The van der Waals surface area contributed by atoms with Crippen molar-refractivity contribution >= 4 is 5.91 Å². The van der Waals surface area contributed by atoms with E-state index >= 15 is 0 Å². The van der Waals surface area contributed by atoms with Crippen LogP contribution in [-0.4, -0.2) is 42.0 Å². The lowest BCUT2D eigenvalue weighted by Gasteiger charge is -2.38. The lowest BCUT2D eigenvalue weighted by atomic mass is 9.78. The molecular formula is C20H25N3O2. The number of benzene rings is 1. The van der Waals surface area contributed by atoms with E-state index < -0.39 is 0 Å². The highest BCUT2D eigenvalue weighted by atomic mass is 16.4. The smallest absolute Gasteiger partial charge is 0.228 e. The normalized spacial score (nSPS) is 19.5. The lowest BCUT2D eigenvalue weighted by Crippen LogP contribution is -2.44. The second-order valence-corrected chi connectivity index (χ2v) is 7.37. The van der Waals surface area contributed by atoms with Crippen LogP contribution in [0.2, 0.25) is 0 Å². The summed E-state index contributed by atoms with van der Waals surface area (Å²) in [6.45, 7) is 5.84. The Morgan fingerprint density at radius 2 is 2.00 bits per heavy atom. The van der Waals surface area contributed by atoms with Crippen molar-refractivity contribution in [3.05, 3.63) is 41.8 Å². The predicted octanol–water partition coefficient (Wildman–Crippen LogP) is 2.79. The Morgan fingerprint density at radius 1 is 1.24 bits per heavy atom. The number of amides is 1. The van der Waals surface area contributed by atoms with Crippen LogP contribution in [0.15, 0.2) is 34.7 Å². The van der Waals surface area contributed by atoms with Crippen molar-refractivity contribution < 1.29 is 9.21 Å². The van der Waals surface area contributed by atoms with Gasteiger partial charge in [0.1, 0.15) is 5.76 Å². The van der Waals surface area contributed by atoms with Crippen LogP contribution in [0.5, 0.6) is 0 Å². The highest BCUT2D eigenvalue weighted by Gasteiger charge is 2.38. The summed E-state index contributed by atoms with van der Waals surface area (Å²) >= 11 is 0. The SMILES string of the molecule is Cc1oc(-c2ccccc2)nc1CC(=O)N1CCC2(CCNC2)CC1. The first-order valence-electron chi connectivity index (χ1n) is 9.15. The molecule has 0 bridgehead atoms. The van der Waals surface area contributed by atoms with E-state index in [0.717, 1.165) is 56.0 Å². The number of nitrogens with zero attached hydrogens (tertiary/aromatic N) is 2. The molecule has 1 aromatic carbocycles. The van der Waals surface area contributed by atoms with Gasteiger partial charge in [0.05, 0.1) is 12.1 Å². The number of likely N-dealkylation sites (tertiary alicyclic amines) is 1. The quantitative estimate of drug-likeness (QED) is 0.934. The molecule has 25 heavy (non-hydrogen) atoms. The maximum atomic E-state index is 12.7. The van der Waals surface area contributed by atoms with Crippen molar-refractivity contribution in [1.29, 1.82) is 0 Å². The van der Waals surface area contributed by atoms with Crippen LogP contribution < -0.4 is 5.32 Å². The molecule has 2 saturated heterocycles. The predicted molar refractivity (Wildman–Crippen MR) is 96.1 cm³/mol. The number of piperidine rings is 1. The molecule has 4 rings (SSSR count). The van der Waals surface area contributed by atoms with Crippen molar-refractivity contribution in [3.8, 4) is 11.5 Å². The minimum Gasteiger partial charge on any atom is -0.441 e. The van der Waals surface area contributed by atoms with Crippen molar-refractivity contribution in [2.45, 2.75) is 32.6 Å². The molecule has 0 atom stereocenters. The number of aryl methyl sites for hydroxylation is 1. The van der Waals surface area contributed by atoms with Crippen LogP contribution in [0.4, 0.5) is 0 Å². The van der Waals surface area contributed by atoms with E-state index in [2.05, 4.69) is 10.3 Å². The second kappa shape index (κ2) is 6.64. The van der Waals surface area contributed by atoms with E-state index in [-0.39, 0.29) is 5.91 Å². The van der Waals surface area contributed by atoms with Crippen LogP contribution in [0.3, 0.4) is 0 Å². The molecule has 132 valence electrons. The van der Waals surface area contributed by atoms with Gasteiger partial charge in [-0.15, -0.1) is 0 Å². The fourth-order valence-corrected chi connectivity index (χ4v) is 4.00. The Kier molecular flexibility index (Phi) is 4.34. The van der Waals surface area contributed by atoms with Crippen molar-refractivity contribution in [1.82, 2.24) is 15.2 Å². The maximum absolute atomic E-state index is 12.7. The van der Waals surface area contributed by atoms with E-state index in [4.69, 9.17) is 4.42 Å². The fourth-order valence-electron chi connectivity index (χ4n) is 4.00. The first-order valence-corrected chi connectivity index (χ1v) is 9.15. The zero-order valence-electron chi connectivity index (χ0n) is 14.8. The van der Waals surface area contributed by atoms with Gasteiger partial charge in [0, 0.05) is 25.2 Å². The molecule has 0 aliphatic carbocycles. The third kappa shape index (κ3) is 3.33. The molecule has 2 aromatic rings. The summed E-state index contributed by atoms with van der Waals surface area (Å²) in [6, 6.07) is 9.82. The van der Waals surface area contributed by atoms with Gasteiger partial charge in [-0.05, 0) is 50.3 Å². The largest absolute Gasteiger partial charge is 0.441 e. The first kappa shape index (κ1) is 16.3. The number of oxazole rings is 1. The number of nitrogens with one attached hydrogen (secondary N) is 1. The molecular weight excluding hydrogens is 314 g/mol. The summed E-state index contributed by atoms with van der Waals surface area (Å²) < 4.78 is 5.77. The van der Waals surface area contributed by atoms with Gasteiger partial charge in [-0.1, -0.05) is 18.2 Å². The Bertz CT molecular complexity index is 738. The van der Waals surface area contributed by atoms with Gasteiger partial charge in [-0.25, -0.2) is 4.98 Å². The lowest BCUT2D eigenvalue weighted by molar-refractivity contribution is -0.132. The van der Waals surface area contributed by atoms with Gasteiger partial charge in [0.15, 0.2) is 0 Å². The van der Waals surface area contributed by atoms with Gasteiger partial charge in [-0.3, -0.25) is 4.79 Å². The number of rotatable bonds is 3. The molecule has 2 aliphatic rings. The summed E-state index contributed by atoms with van der Waals surface area (Å²) in [6.07, 6.45) is 3.79. The van der Waals surface area contributed by atoms with Gasteiger partial charge < -0.3 is 14.6 Å². The van der Waals surface area contributed by atoms with Crippen molar-refractivity contribution in [2.75, 3.05) is 26.2 Å². The molecule has 1 N–H and O–H groups in total. The molecule has 0 saturated carbocycles. The second-order valence-electron chi connectivity index (χ2n) is 7.37. The Hall–Kier alpha value is -2.14. The highest BCUT2D eigenvalue weighted by Crippen LogP contribution is 2.37. The minimum atomic E-state index is 0.164. The Balaban J connectivity index is 1.41. The van der Waals surface area contributed by atoms with Gasteiger partial charge >= 0.3 is 0 Å². The Labute approximate surface area is 148 Å². The zero-order chi connectivity index (χ0) is 17.3. The van der Waals surface area contributed by atoms with E-state index in [1.54, 1.807) is 0 Å². The van der Waals surface area contributed by atoms with E-state index in [0.29, 0.717) is 17.7 Å². The monoisotopic (exact) mass is 339 g/mol. The average molecular weight is 339 g/mol. The summed E-state index contributed by atoms with van der Waals surface area (Å²) in [5.74, 6) is 1.49.